The largest absolute Gasteiger partial charge is 0.342 e. The molecule has 19 heavy (non-hydrogen) atoms. The van der Waals surface area contributed by atoms with E-state index in [0.29, 0.717) is 6.42 Å². The van der Waals surface area contributed by atoms with Crippen LogP contribution in [0.4, 0.5) is 0 Å². The van der Waals surface area contributed by atoms with Gasteiger partial charge in [0.25, 0.3) is 0 Å². The molecule has 2 atom stereocenters. The van der Waals surface area contributed by atoms with Crippen molar-refractivity contribution in [2.75, 3.05) is 0 Å². The summed E-state index contributed by atoms with van der Waals surface area (Å²) >= 11 is 0. The zero-order valence-corrected chi connectivity index (χ0v) is 13.1. The van der Waals surface area contributed by atoms with E-state index in [2.05, 4.69) is 26.1 Å². The lowest BCUT2D eigenvalue weighted by atomic mass is 9.88. The lowest BCUT2D eigenvalue weighted by Gasteiger charge is -2.48. The predicted octanol–water partition coefficient (Wildman–Crippen LogP) is 2.33. The van der Waals surface area contributed by atoms with Gasteiger partial charge in [0.2, 0.25) is 11.8 Å². The quantitative estimate of drug-likeness (QED) is 0.832. The molecule has 1 aliphatic rings. The Hall–Kier alpha value is -1.06. The number of hydrogen-bond acceptors (Lipinski definition) is 2. The minimum Gasteiger partial charge on any atom is -0.342 e. The molecule has 110 valence electrons. The molecule has 0 bridgehead atoms. The molecule has 1 aliphatic heterocycles. The summed E-state index contributed by atoms with van der Waals surface area (Å²) in [6, 6.07) is -0.713. The van der Waals surface area contributed by atoms with E-state index in [1.165, 1.54) is 0 Å². The van der Waals surface area contributed by atoms with Gasteiger partial charge in [-0.15, -0.1) is 0 Å². The summed E-state index contributed by atoms with van der Waals surface area (Å²) in [7, 11) is 0. The van der Waals surface area contributed by atoms with Crippen LogP contribution in [0.25, 0.3) is 0 Å². The first kappa shape index (κ1) is 16.0. The zero-order chi connectivity index (χ0) is 14.8. The van der Waals surface area contributed by atoms with Crippen LogP contribution in [0.1, 0.15) is 60.8 Å². The number of carbonyl (C=O) groups excluding carboxylic acids is 2. The minimum atomic E-state index is -0.383. The monoisotopic (exact) mass is 268 g/mol. The van der Waals surface area contributed by atoms with Gasteiger partial charge in [0.15, 0.2) is 0 Å². The fourth-order valence-electron chi connectivity index (χ4n) is 3.00. The Bertz CT molecular complexity index is 350. The maximum Gasteiger partial charge on any atom is 0.246 e. The highest BCUT2D eigenvalue weighted by Gasteiger charge is 2.46. The van der Waals surface area contributed by atoms with Crippen LogP contribution in [-0.4, -0.2) is 34.3 Å². The van der Waals surface area contributed by atoms with Crippen LogP contribution >= 0.6 is 0 Å². The molecule has 0 spiro atoms. The second kappa shape index (κ2) is 5.93. The molecule has 4 heteroatoms. The van der Waals surface area contributed by atoms with Crippen LogP contribution in [0.3, 0.4) is 0 Å². The first-order chi connectivity index (χ1) is 8.76. The maximum atomic E-state index is 12.7. The molecule has 0 aromatic rings. The van der Waals surface area contributed by atoms with Crippen LogP contribution in [0, 0.1) is 5.92 Å². The molecule has 0 aromatic heterocycles. The average Bonchev–Trinajstić information content (AvgIpc) is 2.30. The highest BCUT2D eigenvalue weighted by atomic mass is 16.2. The van der Waals surface area contributed by atoms with E-state index in [4.69, 9.17) is 0 Å². The second-order valence-electron chi connectivity index (χ2n) is 6.42. The summed E-state index contributed by atoms with van der Waals surface area (Å²) in [5, 5.41) is 2.88. The van der Waals surface area contributed by atoms with Crippen molar-refractivity contribution in [3.63, 3.8) is 0 Å². The Morgan fingerprint density at radius 1 is 1.26 bits per heavy atom. The number of amides is 2. The van der Waals surface area contributed by atoms with Gasteiger partial charge in [0, 0.05) is 5.54 Å². The number of hydrogen-bond donors (Lipinski definition) is 1. The van der Waals surface area contributed by atoms with Gasteiger partial charge in [0.1, 0.15) is 12.1 Å². The smallest absolute Gasteiger partial charge is 0.246 e. The van der Waals surface area contributed by atoms with Crippen molar-refractivity contribution in [3.05, 3.63) is 0 Å². The van der Waals surface area contributed by atoms with Gasteiger partial charge in [-0.1, -0.05) is 34.1 Å². The fourth-order valence-corrected chi connectivity index (χ4v) is 3.00. The van der Waals surface area contributed by atoms with E-state index in [0.717, 1.165) is 12.8 Å². The molecule has 0 saturated carbocycles. The molecule has 0 aliphatic carbocycles. The summed E-state index contributed by atoms with van der Waals surface area (Å²) in [4.78, 5) is 26.8. The van der Waals surface area contributed by atoms with E-state index in [1.807, 2.05) is 25.7 Å². The van der Waals surface area contributed by atoms with E-state index in [9.17, 15) is 9.59 Å². The lowest BCUT2D eigenvalue weighted by molar-refractivity contribution is -0.157. The summed E-state index contributed by atoms with van der Waals surface area (Å²) in [6.07, 6.45) is 2.57. The van der Waals surface area contributed by atoms with Gasteiger partial charge >= 0.3 is 0 Å². The normalized spacial score (nSPS) is 24.9. The Labute approximate surface area is 116 Å². The van der Waals surface area contributed by atoms with Crippen LogP contribution < -0.4 is 5.32 Å². The number of nitrogens with zero attached hydrogens (tertiary/aromatic N) is 1. The predicted molar refractivity (Wildman–Crippen MR) is 76.7 cm³/mol. The molecule has 1 rings (SSSR count). The average molecular weight is 268 g/mol. The Balaban J connectivity index is 3.12. The van der Waals surface area contributed by atoms with Crippen molar-refractivity contribution < 1.29 is 9.59 Å². The number of nitrogens with one attached hydrogen (secondary N) is 1. The molecule has 0 aromatic carbocycles. The fraction of sp³-hybridized carbons (Fsp3) is 0.867. The molecule has 1 heterocycles. The molecule has 2 amide bonds. The second-order valence-corrected chi connectivity index (χ2v) is 6.42. The Morgan fingerprint density at radius 3 is 2.26 bits per heavy atom. The molecule has 1 fully saturated rings. The highest BCUT2D eigenvalue weighted by Crippen LogP contribution is 2.29. The number of carbonyl (C=O) groups is 2. The first-order valence-corrected chi connectivity index (χ1v) is 7.39. The van der Waals surface area contributed by atoms with Gasteiger partial charge in [-0.3, -0.25) is 9.59 Å². The Morgan fingerprint density at radius 2 is 1.84 bits per heavy atom. The summed E-state index contributed by atoms with van der Waals surface area (Å²) in [5.74, 6) is 0.180. The van der Waals surface area contributed by atoms with Crippen molar-refractivity contribution >= 4 is 11.8 Å². The third-order valence-electron chi connectivity index (χ3n) is 3.98. The van der Waals surface area contributed by atoms with Crippen molar-refractivity contribution in [2.45, 2.75) is 78.4 Å². The van der Waals surface area contributed by atoms with Gasteiger partial charge in [-0.05, 0) is 32.6 Å². The molecule has 1 N–H and O–H groups in total. The Kier molecular flexibility index (Phi) is 4.99. The van der Waals surface area contributed by atoms with Crippen LogP contribution in [0.15, 0.2) is 0 Å². The van der Waals surface area contributed by atoms with E-state index in [-0.39, 0.29) is 35.4 Å². The van der Waals surface area contributed by atoms with E-state index >= 15 is 0 Å². The summed E-state index contributed by atoms with van der Waals surface area (Å²) in [5.41, 5.74) is -0.266. The maximum absolute atomic E-state index is 12.7. The van der Waals surface area contributed by atoms with E-state index < -0.39 is 0 Å². The van der Waals surface area contributed by atoms with Crippen LogP contribution in [0.5, 0.6) is 0 Å². The van der Waals surface area contributed by atoms with Crippen molar-refractivity contribution in [3.8, 4) is 0 Å². The zero-order valence-electron chi connectivity index (χ0n) is 13.1. The van der Waals surface area contributed by atoms with Crippen LogP contribution in [0.2, 0.25) is 0 Å². The molecule has 2 unspecified atom stereocenters. The van der Waals surface area contributed by atoms with Gasteiger partial charge in [0.05, 0.1) is 0 Å². The van der Waals surface area contributed by atoms with Gasteiger partial charge in [-0.25, -0.2) is 0 Å². The topological polar surface area (TPSA) is 49.4 Å². The minimum absolute atomic E-state index is 0.00928. The molecular formula is C15H28N2O2. The first-order valence-electron chi connectivity index (χ1n) is 7.39. The lowest BCUT2D eigenvalue weighted by Crippen LogP contribution is -2.69. The van der Waals surface area contributed by atoms with Crippen LogP contribution in [-0.2, 0) is 9.59 Å². The molecule has 0 radical (unpaired) electrons. The standard InChI is InChI=1S/C15H28N2O2/c1-7-9-15(5,6)17-11(8-2)13(18)16-12(10(3)4)14(17)19/h10-12H,7-9H2,1-6H3,(H,16,18). The number of piperazine rings is 1. The van der Waals surface area contributed by atoms with Crippen molar-refractivity contribution in [1.82, 2.24) is 10.2 Å². The molecule has 4 nitrogen and oxygen atoms in total. The van der Waals surface area contributed by atoms with Crippen molar-refractivity contribution in [2.24, 2.45) is 5.92 Å². The third kappa shape index (κ3) is 3.10. The van der Waals surface area contributed by atoms with Crippen molar-refractivity contribution in [1.29, 1.82) is 0 Å². The highest BCUT2D eigenvalue weighted by molar-refractivity contribution is 5.97. The summed E-state index contributed by atoms with van der Waals surface area (Å²) < 4.78 is 0. The van der Waals surface area contributed by atoms with E-state index in [1.54, 1.807) is 0 Å². The van der Waals surface area contributed by atoms with Gasteiger partial charge < -0.3 is 10.2 Å². The molecular weight excluding hydrogens is 240 g/mol. The summed E-state index contributed by atoms with van der Waals surface area (Å²) in [6.45, 7) is 12.1. The SMILES string of the molecule is CCCC(C)(C)N1C(=O)C(C(C)C)NC(=O)C1CC. The van der Waals surface area contributed by atoms with Gasteiger partial charge in [-0.2, -0.15) is 0 Å². The third-order valence-corrected chi connectivity index (χ3v) is 3.98. The molecule has 1 saturated heterocycles. The number of rotatable bonds is 5.